The van der Waals surface area contributed by atoms with E-state index in [0.29, 0.717) is 5.52 Å². The molecule has 21 heavy (non-hydrogen) atoms. The van der Waals surface area contributed by atoms with Crippen LogP contribution >= 0.6 is 0 Å². The van der Waals surface area contributed by atoms with E-state index in [4.69, 9.17) is 10.5 Å². The van der Waals surface area contributed by atoms with Crippen LogP contribution in [0.25, 0.3) is 10.9 Å². The predicted molar refractivity (Wildman–Crippen MR) is 69.2 cm³/mol. The Bertz CT molecular complexity index is 799. The first-order valence-corrected chi connectivity index (χ1v) is 6.47. The fourth-order valence-electron chi connectivity index (χ4n) is 2.72. The van der Waals surface area contributed by atoms with E-state index in [1.165, 1.54) is 18.2 Å². The molecule has 1 fully saturated rings. The van der Waals surface area contributed by atoms with Crippen molar-refractivity contribution in [3.05, 3.63) is 35.0 Å². The van der Waals surface area contributed by atoms with Gasteiger partial charge in [0.15, 0.2) is 0 Å². The summed E-state index contributed by atoms with van der Waals surface area (Å²) in [6, 6.07) is 7.76. The van der Waals surface area contributed by atoms with E-state index in [9.17, 15) is 13.2 Å². The Morgan fingerprint density at radius 2 is 1.95 bits per heavy atom. The van der Waals surface area contributed by atoms with Crippen molar-refractivity contribution in [3.8, 4) is 12.1 Å². The SMILES string of the molecule is N#CCn1c(C2CC2)cc2c(C(F)(F)F)c(C#N)ccc21. The molecule has 0 amide bonds. The quantitative estimate of drug-likeness (QED) is 0.841. The third-order valence-corrected chi connectivity index (χ3v) is 3.75. The molecule has 1 heterocycles. The first-order chi connectivity index (χ1) is 9.97. The Hall–Kier alpha value is -2.47. The first-order valence-electron chi connectivity index (χ1n) is 6.47. The molecular formula is C15H10F3N3. The molecule has 0 aliphatic heterocycles. The fourth-order valence-corrected chi connectivity index (χ4v) is 2.72. The Labute approximate surface area is 118 Å². The number of halogens is 3. The average Bonchev–Trinajstić information content (AvgIpc) is 3.20. The third kappa shape index (κ3) is 2.13. The van der Waals surface area contributed by atoms with Gasteiger partial charge in [0.2, 0.25) is 0 Å². The molecule has 0 atom stereocenters. The summed E-state index contributed by atoms with van der Waals surface area (Å²) in [5.41, 5.74) is -0.163. The van der Waals surface area contributed by atoms with Crippen molar-refractivity contribution >= 4 is 10.9 Å². The molecule has 0 N–H and O–H groups in total. The second kappa shape index (κ2) is 4.53. The van der Waals surface area contributed by atoms with Crippen LogP contribution in [0.1, 0.15) is 35.6 Å². The van der Waals surface area contributed by atoms with E-state index >= 15 is 0 Å². The number of nitrogens with zero attached hydrogens (tertiary/aromatic N) is 3. The molecule has 6 heteroatoms. The normalized spacial score (nSPS) is 14.9. The average molecular weight is 289 g/mol. The standard InChI is InChI=1S/C15H10F3N3/c16-15(17,18)14-10(8-20)3-4-12-11(14)7-13(9-1-2-9)21(12)6-5-19/h3-4,7,9H,1-2,6H2. The molecule has 0 saturated heterocycles. The molecular weight excluding hydrogens is 279 g/mol. The number of hydrogen-bond donors (Lipinski definition) is 0. The second-order valence-electron chi connectivity index (χ2n) is 5.12. The topological polar surface area (TPSA) is 52.5 Å². The summed E-state index contributed by atoms with van der Waals surface area (Å²) in [6.45, 7) is 0.0124. The van der Waals surface area contributed by atoms with E-state index in [1.54, 1.807) is 10.6 Å². The van der Waals surface area contributed by atoms with Crippen LogP contribution in [-0.4, -0.2) is 4.57 Å². The summed E-state index contributed by atoms with van der Waals surface area (Å²) in [7, 11) is 0. The second-order valence-corrected chi connectivity index (χ2v) is 5.12. The lowest BCUT2D eigenvalue weighted by molar-refractivity contribution is -0.136. The number of fused-ring (bicyclic) bond motifs is 1. The van der Waals surface area contributed by atoms with Crippen molar-refractivity contribution in [2.24, 2.45) is 0 Å². The van der Waals surface area contributed by atoms with E-state index in [2.05, 4.69) is 0 Å². The minimum absolute atomic E-state index is 0.0124. The molecule has 2 aromatic rings. The van der Waals surface area contributed by atoms with Crippen LogP contribution in [-0.2, 0) is 12.7 Å². The van der Waals surface area contributed by atoms with Gasteiger partial charge in [-0.1, -0.05) is 0 Å². The van der Waals surface area contributed by atoms with Gasteiger partial charge >= 0.3 is 6.18 Å². The predicted octanol–water partition coefficient (Wildman–Crippen LogP) is 3.93. The largest absolute Gasteiger partial charge is 0.418 e. The van der Waals surface area contributed by atoms with E-state index in [-0.39, 0.29) is 23.4 Å². The van der Waals surface area contributed by atoms with Crippen LogP contribution in [0.4, 0.5) is 13.2 Å². The maximum Gasteiger partial charge on any atom is 0.418 e. The van der Waals surface area contributed by atoms with Gasteiger partial charge in [-0.05, 0) is 37.0 Å². The summed E-state index contributed by atoms with van der Waals surface area (Å²) in [5, 5.41) is 17.9. The number of rotatable bonds is 2. The lowest BCUT2D eigenvalue weighted by Crippen LogP contribution is -2.08. The minimum Gasteiger partial charge on any atom is -0.330 e. The molecule has 1 saturated carbocycles. The maximum atomic E-state index is 13.3. The van der Waals surface area contributed by atoms with Crippen molar-refractivity contribution in [2.75, 3.05) is 0 Å². The molecule has 0 unspecified atom stereocenters. The molecule has 0 spiro atoms. The Morgan fingerprint density at radius 1 is 1.24 bits per heavy atom. The van der Waals surface area contributed by atoms with Gasteiger partial charge in [0, 0.05) is 16.6 Å². The number of benzene rings is 1. The van der Waals surface area contributed by atoms with Gasteiger partial charge in [-0.3, -0.25) is 0 Å². The minimum atomic E-state index is -4.59. The zero-order valence-corrected chi connectivity index (χ0v) is 10.9. The van der Waals surface area contributed by atoms with E-state index in [1.807, 2.05) is 6.07 Å². The molecule has 3 nitrogen and oxygen atoms in total. The highest BCUT2D eigenvalue weighted by Gasteiger charge is 2.37. The number of hydrogen-bond acceptors (Lipinski definition) is 2. The van der Waals surface area contributed by atoms with Crippen molar-refractivity contribution < 1.29 is 13.2 Å². The van der Waals surface area contributed by atoms with E-state index < -0.39 is 11.7 Å². The lowest BCUT2D eigenvalue weighted by atomic mass is 10.0. The molecule has 1 aliphatic rings. The van der Waals surface area contributed by atoms with Crippen molar-refractivity contribution in [1.82, 2.24) is 4.57 Å². The van der Waals surface area contributed by atoms with Crippen molar-refractivity contribution in [2.45, 2.75) is 31.5 Å². The van der Waals surface area contributed by atoms with Crippen LogP contribution < -0.4 is 0 Å². The Balaban J connectivity index is 2.37. The molecule has 0 radical (unpaired) electrons. The smallest absolute Gasteiger partial charge is 0.330 e. The summed E-state index contributed by atoms with van der Waals surface area (Å²) in [4.78, 5) is 0. The highest BCUT2D eigenvalue weighted by Crippen LogP contribution is 2.45. The summed E-state index contributed by atoms with van der Waals surface area (Å²) < 4.78 is 41.5. The molecule has 3 rings (SSSR count). The molecule has 1 aromatic carbocycles. The van der Waals surface area contributed by atoms with Gasteiger partial charge in [0.25, 0.3) is 0 Å². The zero-order chi connectivity index (χ0) is 15.2. The lowest BCUT2D eigenvalue weighted by Gasteiger charge is -2.11. The van der Waals surface area contributed by atoms with Crippen molar-refractivity contribution in [1.29, 1.82) is 10.5 Å². The molecule has 1 aliphatic carbocycles. The van der Waals surface area contributed by atoms with Gasteiger partial charge in [-0.15, -0.1) is 0 Å². The maximum absolute atomic E-state index is 13.3. The van der Waals surface area contributed by atoms with Crippen LogP contribution in [0.3, 0.4) is 0 Å². The molecule has 0 bridgehead atoms. The Kier molecular flexibility index (Phi) is 2.91. The summed E-state index contributed by atoms with van der Waals surface area (Å²) in [6.07, 6.45) is -2.74. The van der Waals surface area contributed by atoms with Gasteiger partial charge in [0.1, 0.15) is 6.54 Å². The van der Waals surface area contributed by atoms with Crippen LogP contribution in [0.2, 0.25) is 0 Å². The highest BCUT2D eigenvalue weighted by atomic mass is 19.4. The van der Waals surface area contributed by atoms with Crippen LogP contribution in [0, 0.1) is 22.7 Å². The monoisotopic (exact) mass is 289 g/mol. The molecule has 106 valence electrons. The fraction of sp³-hybridized carbons (Fsp3) is 0.333. The van der Waals surface area contributed by atoms with Gasteiger partial charge in [0.05, 0.1) is 23.3 Å². The van der Waals surface area contributed by atoms with Crippen LogP contribution in [0.5, 0.6) is 0 Å². The van der Waals surface area contributed by atoms with Gasteiger partial charge < -0.3 is 4.57 Å². The zero-order valence-electron chi connectivity index (χ0n) is 10.9. The number of alkyl halides is 3. The number of aromatic nitrogens is 1. The van der Waals surface area contributed by atoms with Gasteiger partial charge in [-0.25, -0.2) is 0 Å². The summed E-state index contributed by atoms with van der Waals surface area (Å²) >= 11 is 0. The van der Waals surface area contributed by atoms with Crippen molar-refractivity contribution in [3.63, 3.8) is 0 Å². The first kappa shape index (κ1) is 13.5. The van der Waals surface area contributed by atoms with E-state index in [0.717, 1.165) is 18.5 Å². The number of nitriles is 2. The van der Waals surface area contributed by atoms with Crippen LogP contribution in [0.15, 0.2) is 18.2 Å². The summed E-state index contributed by atoms with van der Waals surface area (Å²) in [5.74, 6) is 0.220. The third-order valence-electron chi connectivity index (χ3n) is 3.75. The highest BCUT2D eigenvalue weighted by molar-refractivity contribution is 5.88. The molecule has 1 aromatic heterocycles. The van der Waals surface area contributed by atoms with Gasteiger partial charge in [-0.2, -0.15) is 23.7 Å². The Morgan fingerprint density at radius 3 is 2.48 bits per heavy atom.